The number of nitrogens with one attached hydrogen (secondary N) is 2. The van der Waals surface area contributed by atoms with Gasteiger partial charge in [-0.1, -0.05) is 12.1 Å². The normalized spacial score (nSPS) is 12.0. The van der Waals surface area contributed by atoms with Crippen LogP contribution in [0.4, 0.5) is 4.39 Å². The monoisotopic (exact) mass is 371 g/mol. The summed E-state index contributed by atoms with van der Waals surface area (Å²) in [5.41, 5.74) is -0.377. The molecule has 8 heteroatoms. The van der Waals surface area contributed by atoms with Crippen molar-refractivity contribution in [2.75, 3.05) is 7.11 Å². The number of nitrogens with zero attached hydrogens (tertiary/aromatic N) is 1. The molecule has 0 saturated heterocycles. The quantitative estimate of drug-likeness (QED) is 0.714. The summed E-state index contributed by atoms with van der Waals surface area (Å²) < 4.78 is 19.5. The third kappa shape index (κ3) is 3.74. The van der Waals surface area contributed by atoms with Gasteiger partial charge in [-0.2, -0.15) is 0 Å². The summed E-state index contributed by atoms with van der Waals surface area (Å²) in [6, 6.07) is 9.95. The molecule has 0 bridgehead atoms. The third-order valence-electron chi connectivity index (χ3n) is 4.23. The zero-order chi connectivity index (χ0) is 19.6. The van der Waals surface area contributed by atoms with Gasteiger partial charge in [0.1, 0.15) is 18.1 Å². The van der Waals surface area contributed by atoms with Crippen molar-refractivity contribution < 1.29 is 13.9 Å². The Morgan fingerprint density at radius 3 is 2.74 bits per heavy atom. The van der Waals surface area contributed by atoms with Gasteiger partial charge in [0, 0.05) is 5.56 Å². The van der Waals surface area contributed by atoms with Crippen molar-refractivity contribution in [3.63, 3.8) is 0 Å². The first kappa shape index (κ1) is 18.4. The second-order valence-electron chi connectivity index (χ2n) is 6.04. The molecular formula is C19H18FN3O4. The van der Waals surface area contributed by atoms with E-state index in [1.54, 1.807) is 31.2 Å². The minimum Gasteiger partial charge on any atom is -0.496 e. The van der Waals surface area contributed by atoms with Crippen molar-refractivity contribution in [2.45, 2.75) is 19.5 Å². The molecule has 1 aromatic heterocycles. The van der Waals surface area contributed by atoms with Crippen LogP contribution in [0, 0.1) is 5.82 Å². The number of para-hydroxylation sites is 1. The molecule has 0 radical (unpaired) electrons. The molecule has 3 rings (SSSR count). The maximum Gasteiger partial charge on any atom is 0.329 e. The van der Waals surface area contributed by atoms with E-state index in [0.29, 0.717) is 22.2 Å². The molecule has 2 aromatic carbocycles. The molecule has 3 aromatic rings. The first-order chi connectivity index (χ1) is 12.9. The largest absolute Gasteiger partial charge is 0.496 e. The van der Waals surface area contributed by atoms with E-state index in [1.165, 1.54) is 25.3 Å². The lowest BCUT2D eigenvalue weighted by molar-refractivity contribution is -0.122. The minimum absolute atomic E-state index is 0.310. The average molecular weight is 371 g/mol. The number of carbonyl (C=O) groups is 1. The van der Waals surface area contributed by atoms with E-state index in [0.717, 1.165) is 4.57 Å². The van der Waals surface area contributed by atoms with Gasteiger partial charge in [-0.15, -0.1) is 0 Å². The lowest BCUT2D eigenvalue weighted by Gasteiger charge is -2.17. The summed E-state index contributed by atoms with van der Waals surface area (Å²) in [4.78, 5) is 39.6. The van der Waals surface area contributed by atoms with Gasteiger partial charge in [-0.05, 0) is 37.3 Å². The first-order valence-electron chi connectivity index (χ1n) is 8.25. The maximum atomic E-state index is 13.5. The highest BCUT2D eigenvalue weighted by Crippen LogP contribution is 2.25. The first-order valence-corrected chi connectivity index (χ1v) is 8.25. The highest BCUT2D eigenvalue weighted by Gasteiger charge is 2.17. The number of fused-ring (bicyclic) bond motifs is 1. The predicted octanol–water partition coefficient (Wildman–Crippen LogP) is 1.71. The fourth-order valence-electron chi connectivity index (χ4n) is 2.89. The summed E-state index contributed by atoms with van der Waals surface area (Å²) in [7, 11) is 1.44. The van der Waals surface area contributed by atoms with Gasteiger partial charge < -0.3 is 15.0 Å². The predicted molar refractivity (Wildman–Crippen MR) is 98.3 cm³/mol. The molecule has 1 heterocycles. The number of ether oxygens (including phenoxy) is 1. The molecule has 2 N–H and O–H groups in total. The molecule has 0 aliphatic carbocycles. The van der Waals surface area contributed by atoms with Crippen LogP contribution in [0.3, 0.4) is 0 Å². The number of halogens is 1. The number of rotatable bonds is 5. The van der Waals surface area contributed by atoms with Crippen molar-refractivity contribution >= 4 is 16.8 Å². The second kappa shape index (κ2) is 7.45. The van der Waals surface area contributed by atoms with Crippen LogP contribution in [0.5, 0.6) is 5.75 Å². The van der Waals surface area contributed by atoms with Gasteiger partial charge in [0.2, 0.25) is 5.91 Å². The molecule has 0 fully saturated rings. The Kier molecular flexibility index (Phi) is 5.07. The highest BCUT2D eigenvalue weighted by molar-refractivity contribution is 5.79. The Hall–Kier alpha value is -3.42. The van der Waals surface area contributed by atoms with Crippen molar-refractivity contribution in [3.8, 4) is 5.75 Å². The fraction of sp³-hybridized carbons (Fsp3) is 0.211. The Bertz CT molecular complexity index is 1120. The summed E-state index contributed by atoms with van der Waals surface area (Å²) >= 11 is 0. The molecule has 0 aliphatic heterocycles. The molecular weight excluding hydrogens is 353 g/mol. The van der Waals surface area contributed by atoms with E-state index in [9.17, 15) is 18.8 Å². The van der Waals surface area contributed by atoms with E-state index in [4.69, 9.17) is 4.74 Å². The maximum absolute atomic E-state index is 13.5. The molecule has 1 unspecified atom stereocenters. The van der Waals surface area contributed by atoms with Gasteiger partial charge in [-0.3, -0.25) is 14.2 Å². The second-order valence-corrected chi connectivity index (χ2v) is 6.04. The zero-order valence-electron chi connectivity index (χ0n) is 14.8. The van der Waals surface area contributed by atoms with Crippen LogP contribution in [0.25, 0.3) is 10.9 Å². The summed E-state index contributed by atoms with van der Waals surface area (Å²) in [6.45, 7) is 1.20. The van der Waals surface area contributed by atoms with Crippen molar-refractivity contribution in [1.29, 1.82) is 0 Å². The zero-order valence-corrected chi connectivity index (χ0v) is 14.8. The van der Waals surface area contributed by atoms with Crippen LogP contribution < -0.4 is 21.3 Å². The molecule has 0 spiro atoms. The van der Waals surface area contributed by atoms with Crippen LogP contribution in [0.15, 0.2) is 52.1 Å². The SMILES string of the molecule is COc1ccc(F)cc1C(C)NC(=O)Cn1c(=O)[nH]c2ccccc2c1=O. The summed E-state index contributed by atoms with van der Waals surface area (Å²) in [5, 5.41) is 2.96. The smallest absolute Gasteiger partial charge is 0.329 e. The molecule has 0 saturated carbocycles. The minimum atomic E-state index is -0.676. The van der Waals surface area contributed by atoms with E-state index < -0.39 is 35.6 Å². The number of aromatic amines is 1. The van der Waals surface area contributed by atoms with Gasteiger partial charge in [0.25, 0.3) is 5.56 Å². The number of H-pyrrole nitrogens is 1. The van der Waals surface area contributed by atoms with Gasteiger partial charge in [0.05, 0.1) is 24.1 Å². The van der Waals surface area contributed by atoms with Crippen LogP contribution in [0.2, 0.25) is 0 Å². The molecule has 140 valence electrons. The molecule has 1 amide bonds. The Balaban J connectivity index is 1.85. The van der Waals surface area contributed by atoms with Crippen LogP contribution >= 0.6 is 0 Å². The Morgan fingerprint density at radius 1 is 1.26 bits per heavy atom. The van der Waals surface area contributed by atoms with E-state index >= 15 is 0 Å². The number of carbonyl (C=O) groups excluding carboxylic acids is 1. The Labute approximate surface area is 153 Å². The van der Waals surface area contributed by atoms with Crippen molar-refractivity contribution in [2.24, 2.45) is 0 Å². The number of methoxy groups -OCH3 is 1. The lowest BCUT2D eigenvalue weighted by atomic mass is 10.1. The summed E-state index contributed by atoms with van der Waals surface area (Å²) in [6.07, 6.45) is 0. The fourth-order valence-corrected chi connectivity index (χ4v) is 2.89. The molecule has 0 aliphatic rings. The van der Waals surface area contributed by atoms with Gasteiger partial charge in [0.15, 0.2) is 0 Å². The van der Waals surface area contributed by atoms with Gasteiger partial charge in [-0.25, -0.2) is 9.18 Å². The number of amides is 1. The number of hydrogen-bond donors (Lipinski definition) is 2. The van der Waals surface area contributed by atoms with E-state index in [1.807, 2.05) is 0 Å². The van der Waals surface area contributed by atoms with E-state index in [-0.39, 0.29) is 0 Å². The molecule has 7 nitrogen and oxygen atoms in total. The highest BCUT2D eigenvalue weighted by atomic mass is 19.1. The molecule has 1 atom stereocenters. The van der Waals surface area contributed by atoms with Crippen molar-refractivity contribution in [1.82, 2.24) is 14.9 Å². The Morgan fingerprint density at radius 2 is 2.00 bits per heavy atom. The number of hydrogen-bond acceptors (Lipinski definition) is 4. The number of aromatic nitrogens is 2. The third-order valence-corrected chi connectivity index (χ3v) is 4.23. The van der Waals surface area contributed by atoms with Crippen LogP contribution in [-0.4, -0.2) is 22.6 Å². The lowest BCUT2D eigenvalue weighted by Crippen LogP contribution is -2.41. The van der Waals surface area contributed by atoms with Crippen LogP contribution in [-0.2, 0) is 11.3 Å². The van der Waals surface area contributed by atoms with E-state index in [2.05, 4.69) is 10.3 Å². The summed E-state index contributed by atoms with van der Waals surface area (Å²) in [5.74, 6) is -0.601. The standard InChI is InChI=1S/C19H18FN3O4/c1-11(14-9-12(20)7-8-16(14)27-2)21-17(24)10-23-18(25)13-5-3-4-6-15(13)22-19(23)26/h3-9,11H,10H2,1-2H3,(H,21,24)(H,22,26). The van der Waals surface area contributed by atoms with Crippen LogP contribution in [0.1, 0.15) is 18.5 Å². The average Bonchev–Trinajstić information content (AvgIpc) is 2.65. The topological polar surface area (TPSA) is 93.2 Å². The van der Waals surface area contributed by atoms with Gasteiger partial charge >= 0.3 is 5.69 Å². The van der Waals surface area contributed by atoms with Crippen molar-refractivity contribution in [3.05, 3.63) is 74.7 Å². The molecule has 27 heavy (non-hydrogen) atoms. The number of benzene rings is 2.